The minimum absolute atomic E-state index is 0.447. The third kappa shape index (κ3) is 1.62. The second-order valence-corrected chi connectivity index (χ2v) is 1.96. The Kier molecular flexibility index (Phi) is 2.10. The van der Waals surface area contributed by atoms with Gasteiger partial charge in [0.2, 0.25) is 0 Å². The van der Waals surface area contributed by atoms with E-state index in [1.807, 2.05) is 0 Å². The molecule has 1 heterocycles. The molecule has 0 aromatic rings. The molecule has 0 aliphatic carbocycles. The van der Waals surface area contributed by atoms with Gasteiger partial charge in [0.25, 0.3) is 0 Å². The fourth-order valence-electron chi connectivity index (χ4n) is 0.678. The highest BCUT2D eigenvalue weighted by Crippen LogP contribution is 2.00. The minimum atomic E-state index is 0.447. The zero-order chi connectivity index (χ0) is 7.40. The molecule has 54 valence electrons. The third-order valence-electron chi connectivity index (χ3n) is 1.12. The van der Waals surface area contributed by atoms with Gasteiger partial charge in [-0.25, -0.2) is 0 Å². The van der Waals surface area contributed by atoms with Gasteiger partial charge >= 0.3 is 0 Å². The van der Waals surface area contributed by atoms with E-state index in [0.29, 0.717) is 19.0 Å². The zero-order valence-electron chi connectivity index (χ0n) is 5.71. The van der Waals surface area contributed by atoms with Crippen LogP contribution in [-0.4, -0.2) is 18.9 Å². The Bertz CT molecular complexity index is 194. The van der Waals surface area contributed by atoms with Crippen LogP contribution in [0.4, 0.5) is 0 Å². The molecule has 1 aliphatic heterocycles. The van der Waals surface area contributed by atoms with Gasteiger partial charge in [0, 0.05) is 6.08 Å². The molecule has 1 rings (SSSR count). The van der Waals surface area contributed by atoms with Crippen LogP contribution in [0.3, 0.4) is 0 Å². The molecule has 0 atom stereocenters. The van der Waals surface area contributed by atoms with Crippen molar-refractivity contribution >= 4 is 5.71 Å². The van der Waals surface area contributed by atoms with Gasteiger partial charge in [0.15, 0.2) is 5.88 Å². The summed E-state index contributed by atoms with van der Waals surface area (Å²) in [5.41, 5.74) is 6.22. The maximum Gasteiger partial charge on any atom is 0.186 e. The van der Waals surface area contributed by atoms with Crippen molar-refractivity contribution in [1.29, 1.82) is 0 Å². The van der Waals surface area contributed by atoms with Crippen LogP contribution in [0.2, 0.25) is 0 Å². The van der Waals surface area contributed by atoms with E-state index in [-0.39, 0.29) is 0 Å². The van der Waals surface area contributed by atoms with Gasteiger partial charge in [0.1, 0.15) is 6.61 Å². The van der Waals surface area contributed by atoms with Crippen molar-refractivity contribution < 1.29 is 4.74 Å². The lowest BCUT2D eigenvalue weighted by atomic mass is 10.4. The van der Waals surface area contributed by atoms with Crippen LogP contribution < -0.4 is 5.73 Å². The third-order valence-corrected chi connectivity index (χ3v) is 1.12. The van der Waals surface area contributed by atoms with Gasteiger partial charge in [-0.15, -0.1) is 6.58 Å². The summed E-state index contributed by atoms with van der Waals surface area (Å²) in [5, 5.41) is 0. The molecule has 10 heavy (non-hydrogen) atoms. The number of ether oxygens (including phenoxy) is 1. The summed E-state index contributed by atoms with van der Waals surface area (Å²) in [7, 11) is 0. The Balaban J connectivity index is 2.50. The highest BCUT2D eigenvalue weighted by Gasteiger charge is 2.06. The number of hydrogen-bond donors (Lipinski definition) is 1. The molecule has 0 aromatic carbocycles. The summed E-state index contributed by atoms with van der Waals surface area (Å²) in [6.07, 6.45) is 3.46. The molecular formula is C7H10N2O. The maximum absolute atomic E-state index is 5.33. The van der Waals surface area contributed by atoms with E-state index in [1.165, 1.54) is 0 Å². The Morgan fingerprint density at radius 1 is 1.90 bits per heavy atom. The Morgan fingerprint density at radius 3 is 3.20 bits per heavy atom. The molecule has 0 aromatic heterocycles. The van der Waals surface area contributed by atoms with Gasteiger partial charge in [0.05, 0.1) is 12.3 Å². The van der Waals surface area contributed by atoms with Crippen molar-refractivity contribution in [3.63, 3.8) is 0 Å². The fraction of sp³-hybridized carbons (Fsp3) is 0.286. The second kappa shape index (κ2) is 3.06. The topological polar surface area (TPSA) is 47.6 Å². The van der Waals surface area contributed by atoms with Crippen LogP contribution in [0.5, 0.6) is 0 Å². The molecule has 0 spiro atoms. The highest BCUT2D eigenvalue weighted by molar-refractivity contribution is 5.98. The summed E-state index contributed by atoms with van der Waals surface area (Å²) >= 11 is 0. The average Bonchev–Trinajstić information content (AvgIpc) is 2.31. The van der Waals surface area contributed by atoms with Crippen LogP contribution in [0.25, 0.3) is 0 Å². The molecule has 0 radical (unpaired) electrons. The lowest BCUT2D eigenvalue weighted by Gasteiger charge is -1.91. The first-order valence-electron chi connectivity index (χ1n) is 3.07. The van der Waals surface area contributed by atoms with Crippen molar-refractivity contribution in [3.05, 3.63) is 24.6 Å². The van der Waals surface area contributed by atoms with Gasteiger partial charge in [-0.3, -0.25) is 4.99 Å². The summed E-state index contributed by atoms with van der Waals surface area (Å²) in [4.78, 5) is 4.11. The quantitative estimate of drug-likeness (QED) is 0.563. The molecule has 0 unspecified atom stereocenters. The zero-order valence-corrected chi connectivity index (χ0v) is 5.71. The van der Waals surface area contributed by atoms with Crippen molar-refractivity contribution in [1.82, 2.24) is 0 Å². The number of rotatable bonds is 2. The highest BCUT2D eigenvalue weighted by atomic mass is 16.5. The number of aliphatic imine (C=N–C) groups is 1. The predicted octanol–water partition coefficient (Wildman–Crippen LogP) is 0.444. The Hall–Kier alpha value is -1.25. The molecule has 0 amide bonds. The van der Waals surface area contributed by atoms with Crippen LogP contribution in [-0.2, 0) is 4.74 Å². The van der Waals surface area contributed by atoms with E-state index in [1.54, 1.807) is 12.2 Å². The Labute approximate surface area is 59.9 Å². The predicted molar refractivity (Wildman–Crippen MR) is 40.7 cm³/mol. The maximum atomic E-state index is 5.33. The van der Waals surface area contributed by atoms with E-state index < -0.39 is 0 Å². The largest absolute Gasteiger partial charge is 0.473 e. The fourth-order valence-corrected chi connectivity index (χ4v) is 0.678. The monoisotopic (exact) mass is 138 g/mol. The van der Waals surface area contributed by atoms with E-state index in [2.05, 4.69) is 11.6 Å². The lowest BCUT2D eigenvalue weighted by molar-refractivity contribution is 0.269. The first kappa shape index (κ1) is 6.86. The second-order valence-electron chi connectivity index (χ2n) is 1.96. The molecular weight excluding hydrogens is 128 g/mol. The van der Waals surface area contributed by atoms with Gasteiger partial charge < -0.3 is 10.5 Å². The van der Waals surface area contributed by atoms with Crippen LogP contribution >= 0.6 is 0 Å². The van der Waals surface area contributed by atoms with E-state index >= 15 is 0 Å². The molecule has 3 nitrogen and oxygen atoms in total. The lowest BCUT2D eigenvalue weighted by Crippen LogP contribution is -1.98. The molecule has 0 saturated heterocycles. The normalized spacial score (nSPS) is 20.4. The van der Waals surface area contributed by atoms with Crippen molar-refractivity contribution in [2.45, 2.75) is 0 Å². The van der Waals surface area contributed by atoms with Gasteiger partial charge in [-0.1, -0.05) is 6.08 Å². The molecule has 3 heteroatoms. The molecule has 1 aliphatic rings. The summed E-state index contributed by atoms with van der Waals surface area (Å²) in [6, 6.07) is 0. The van der Waals surface area contributed by atoms with Crippen molar-refractivity contribution in [2.75, 3.05) is 13.2 Å². The summed E-state index contributed by atoms with van der Waals surface area (Å²) in [6.45, 7) is 4.67. The first-order valence-corrected chi connectivity index (χ1v) is 3.07. The molecule has 0 saturated carbocycles. The summed E-state index contributed by atoms with van der Waals surface area (Å²) < 4.78 is 4.94. The van der Waals surface area contributed by atoms with Gasteiger partial charge in [-0.05, 0) is 0 Å². The minimum Gasteiger partial charge on any atom is -0.473 e. The molecule has 2 N–H and O–H groups in total. The van der Waals surface area contributed by atoms with E-state index in [4.69, 9.17) is 10.5 Å². The molecule has 0 fully saturated rings. The van der Waals surface area contributed by atoms with E-state index in [0.717, 1.165) is 5.71 Å². The van der Waals surface area contributed by atoms with Crippen molar-refractivity contribution in [3.8, 4) is 0 Å². The molecule has 0 bridgehead atoms. The average molecular weight is 138 g/mol. The van der Waals surface area contributed by atoms with Crippen molar-refractivity contribution in [2.24, 2.45) is 10.7 Å². The Morgan fingerprint density at radius 2 is 2.70 bits per heavy atom. The summed E-state index contributed by atoms with van der Waals surface area (Å²) in [5.74, 6) is 0.447. The standard InChI is InChI=1S/C7H10N2O/c1-2-3-9-6-4-7(8)10-5-6/h2,4H,1,3,5,8H2. The number of hydrogen-bond acceptors (Lipinski definition) is 3. The van der Waals surface area contributed by atoms with Gasteiger partial charge in [-0.2, -0.15) is 0 Å². The van der Waals surface area contributed by atoms with Crippen LogP contribution in [0.1, 0.15) is 0 Å². The number of nitrogens with two attached hydrogens (primary N) is 1. The smallest absolute Gasteiger partial charge is 0.186 e. The van der Waals surface area contributed by atoms with Crippen LogP contribution in [0, 0.1) is 0 Å². The number of nitrogens with zero attached hydrogens (tertiary/aromatic N) is 1. The van der Waals surface area contributed by atoms with E-state index in [9.17, 15) is 0 Å². The SMILES string of the molecule is C=CCN=C1C=C(N)OC1. The van der Waals surface area contributed by atoms with Crippen LogP contribution in [0.15, 0.2) is 29.6 Å². The first-order chi connectivity index (χ1) is 4.83.